The number of nitrogens with one attached hydrogen (secondary N) is 1. The largest absolute Gasteiger partial charge is 0.459 e. The second-order valence-corrected chi connectivity index (χ2v) is 6.77. The summed E-state index contributed by atoms with van der Waals surface area (Å²) in [7, 11) is 0. The van der Waals surface area contributed by atoms with Crippen molar-refractivity contribution in [2.24, 2.45) is 5.92 Å². The molecule has 1 atom stereocenters. The predicted octanol–water partition coefficient (Wildman–Crippen LogP) is 1.61. The van der Waals surface area contributed by atoms with Gasteiger partial charge in [0, 0.05) is 26.2 Å². The molecular formula is C19H23N3O5. The Morgan fingerprint density at radius 2 is 1.48 bits per heavy atom. The summed E-state index contributed by atoms with van der Waals surface area (Å²) in [6.45, 7) is 5.41. The highest BCUT2D eigenvalue weighted by molar-refractivity contribution is 5.96. The Bertz CT molecular complexity index is 774. The van der Waals surface area contributed by atoms with Gasteiger partial charge < -0.3 is 24.0 Å². The molecule has 1 N–H and O–H groups in total. The van der Waals surface area contributed by atoms with Gasteiger partial charge >= 0.3 is 0 Å². The molecule has 144 valence electrons. The van der Waals surface area contributed by atoms with E-state index in [9.17, 15) is 14.4 Å². The molecule has 3 heterocycles. The zero-order chi connectivity index (χ0) is 19.4. The lowest BCUT2D eigenvalue weighted by atomic mass is 10.0. The molecule has 0 aliphatic carbocycles. The Balaban J connectivity index is 1.59. The first kappa shape index (κ1) is 18.8. The van der Waals surface area contributed by atoms with Crippen LogP contribution in [-0.2, 0) is 4.79 Å². The Morgan fingerprint density at radius 3 is 2.00 bits per heavy atom. The van der Waals surface area contributed by atoms with E-state index in [1.807, 2.05) is 13.8 Å². The Labute approximate surface area is 157 Å². The topological polar surface area (TPSA) is 96.0 Å². The quantitative estimate of drug-likeness (QED) is 0.859. The normalized spacial score (nSPS) is 15.7. The fraction of sp³-hybridized carbons (Fsp3) is 0.421. The monoisotopic (exact) mass is 373 g/mol. The number of amides is 3. The van der Waals surface area contributed by atoms with E-state index >= 15 is 0 Å². The molecule has 1 saturated heterocycles. The molecule has 27 heavy (non-hydrogen) atoms. The Hall–Kier alpha value is -3.03. The van der Waals surface area contributed by atoms with Crippen molar-refractivity contribution in [3.63, 3.8) is 0 Å². The Morgan fingerprint density at radius 1 is 0.926 bits per heavy atom. The summed E-state index contributed by atoms with van der Waals surface area (Å²) in [6, 6.07) is 5.81. The third-order valence-corrected chi connectivity index (χ3v) is 4.57. The van der Waals surface area contributed by atoms with Crippen LogP contribution in [0.15, 0.2) is 45.6 Å². The lowest BCUT2D eigenvalue weighted by Gasteiger charge is -2.37. The smallest absolute Gasteiger partial charge is 0.289 e. The van der Waals surface area contributed by atoms with Crippen LogP contribution in [0.1, 0.15) is 35.0 Å². The minimum absolute atomic E-state index is 0.0841. The summed E-state index contributed by atoms with van der Waals surface area (Å²) >= 11 is 0. The number of carbonyl (C=O) groups is 3. The minimum Gasteiger partial charge on any atom is -0.459 e. The van der Waals surface area contributed by atoms with Gasteiger partial charge in [-0.2, -0.15) is 0 Å². The van der Waals surface area contributed by atoms with Crippen molar-refractivity contribution >= 4 is 17.7 Å². The second kappa shape index (κ2) is 8.11. The maximum Gasteiger partial charge on any atom is 0.289 e. The molecule has 0 spiro atoms. The van der Waals surface area contributed by atoms with Gasteiger partial charge in [0.1, 0.15) is 6.04 Å². The number of carbonyl (C=O) groups excluding carboxylic acids is 3. The van der Waals surface area contributed by atoms with Gasteiger partial charge in [-0.3, -0.25) is 14.4 Å². The summed E-state index contributed by atoms with van der Waals surface area (Å²) < 4.78 is 10.2. The van der Waals surface area contributed by atoms with E-state index in [-0.39, 0.29) is 23.5 Å². The van der Waals surface area contributed by atoms with Crippen LogP contribution in [0, 0.1) is 5.92 Å². The van der Waals surface area contributed by atoms with Gasteiger partial charge in [0.25, 0.3) is 11.8 Å². The van der Waals surface area contributed by atoms with Crippen LogP contribution in [0.2, 0.25) is 0 Å². The third-order valence-electron chi connectivity index (χ3n) is 4.57. The molecule has 3 rings (SSSR count). The first-order chi connectivity index (χ1) is 13.0. The predicted molar refractivity (Wildman–Crippen MR) is 96.0 cm³/mol. The van der Waals surface area contributed by atoms with E-state index < -0.39 is 11.9 Å². The lowest BCUT2D eigenvalue weighted by Crippen LogP contribution is -2.57. The van der Waals surface area contributed by atoms with Crippen LogP contribution in [0.25, 0.3) is 0 Å². The summed E-state index contributed by atoms with van der Waals surface area (Å²) in [5.74, 6) is -0.380. The highest BCUT2D eigenvalue weighted by atomic mass is 16.3. The van der Waals surface area contributed by atoms with Crippen LogP contribution in [0.3, 0.4) is 0 Å². The summed E-state index contributed by atoms with van der Waals surface area (Å²) in [4.78, 5) is 40.8. The summed E-state index contributed by atoms with van der Waals surface area (Å²) in [5.41, 5.74) is 0. The fourth-order valence-corrected chi connectivity index (χ4v) is 3.02. The van der Waals surface area contributed by atoms with Gasteiger partial charge in [-0.15, -0.1) is 0 Å². The van der Waals surface area contributed by atoms with E-state index in [2.05, 4.69) is 5.32 Å². The Kier molecular flexibility index (Phi) is 5.63. The molecule has 0 bridgehead atoms. The average molecular weight is 373 g/mol. The zero-order valence-electron chi connectivity index (χ0n) is 15.4. The molecular weight excluding hydrogens is 350 g/mol. The summed E-state index contributed by atoms with van der Waals surface area (Å²) in [5, 5.41) is 2.75. The number of hydrogen-bond acceptors (Lipinski definition) is 5. The van der Waals surface area contributed by atoms with Gasteiger partial charge in [-0.1, -0.05) is 13.8 Å². The highest BCUT2D eigenvalue weighted by Gasteiger charge is 2.32. The molecule has 8 nitrogen and oxygen atoms in total. The third kappa shape index (κ3) is 4.21. The molecule has 8 heteroatoms. The molecule has 2 aromatic rings. The van der Waals surface area contributed by atoms with Crippen molar-refractivity contribution in [1.82, 2.24) is 15.1 Å². The minimum atomic E-state index is -0.657. The highest BCUT2D eigenvalue weighted by Crippen LogP contribution is 2.13. The van der Waals surface area contributed by atoms with E-state index in [0.717, 1.165) is 0 Å². The van der Waals surface area contributed by atoms with Crippen LogP contribution in [0.5, 0.6) is 0 Å². The van der Waals surface area contributed by atoms with Crippen LogP contribution >= 0.6 is 0 Å². The maximum absolute atomic E-state index is 12.9. The van der Waals surface area contributed by atoms with Gasteiger partial charge in [0.15, 0.2) is 11.5 Å². The number of piperazine rings is 1. The van der Waals surface area contributed by atoms with Crippen molar-refractivity contribution in [2.45, 2.75) is 19.9 Å². The molecule has 0 aromatic carbocycles. The van der Waals surface area contributed by atoms with Crippen LogP contribution in [0.4, 0.5) is 0 Å². The zero-order valence-corrected chi connectivity index (χ0v) is 15.4. The molecule has 1 fully saturated rings. The summed E-state index contributed by atoms with van der Waals surface area (Å²) in [6.07, 6.45) is 2.87. The van der Waals surface area contributed by atoms with Crippen molar-refractivity contribution < 1.29 is 23.2 Å². The fourth-order valence-electron chi connectivity index (χ4n) is 3.02. The number of rotatable bonds is 5. The average Bonchev–Trinajstić information content (AvgIpc) is 3.38. The van der Waals surface area contributed by atoms with Crippen molar-refractivity contribution in [3.05, 3.63) is 48.3 Å². The lowest BCUT2D eigenvalue weighted by molar-refractivity contribution is -0.135. The standard InChI is InChI=1S/C19H23N3O5/c1-13(2)16(20-17(23)14-5-3-11-26-14)19(25)22-9-7-21(8-10-22)18(24)15-6-4-12-27-15/h3-6,11-13,16H,7-10H2,1-2H3,(H,20,23)/t16-/m0/s1. The molecule has 3 amide bonds. The first-order valence-electron chi connectivity index (χ1n) is 8.93. The van der Waals surface area contributed by atoms with Gasteiger partial charge in [0.05, 0.1) is 12.5 Å². The van der Waals surface area contributed by atoms with E-state index in [0.29, 0.717) is 31.9 Å². The first-order valence-corrected chi connectivity index (χ1v) is 8.93. The van der Waals surface area contributed by atoms with Gasteiger partial charge in [0.2, 0.25) is 5.91 Å². The van der Waals surface area contributed by atoms with Crippen LogP contribution < -0.4 is 5.32 Å². The number of nitrogens with zero attached hydrogens (tertiary/aromatic N) is 2. The molecule has 0 unspecified atom stereocenters. The molecule has 2 aromatic heterocycles. The molecule has 0 radical (unpaired) electrons. The maximum atomic E-state index is 12.9. The van der Waals surface area contributed by atoms with E-state index in [1.54, 1.807) is 34.1 Å². The SMILES string of the molecule is CC(C)[C@H](NC(=O)c1ccco1)C(=O)N1CCN(C(=O)c2ccco2)CC1. The second-order valence-electron chi connectivity index (χ2n) is 6.77. The van der Waals surface area contributed by atoms with E-state index in [4.69, 9.17) is 8.83 Å². The van der Waals surface area contributed by atoms with Crippen LogP contribution in [-0.4, -0.2) is 59.7 Å². The molecule has 1 aliphatic rings. The van der Waals surface area contributed by atoms with Crippen molar-refractivity contribution in [2.75, 3.05) is 26.2 Å². The molecule has 0 saturated carbocycles. The van der Waals surface area contributed by atoms with Crippen molar-refractivity contribution in [3.8, 4) is 0 Å². The van der Waals surface area contributed by atoms with E-state index in [1.165, 1.54) is 12.5 Å². The molecule has 1 aliphatic heterocycles. The number of furan rings is 2. The number of hydrogen-bond donors (Lipinski definition) is 1. The van der Waals surface area contributed by atoms with Gasteiger partial charge in [-0.25, -0.2) is 0 Å². The van der Waals surface area contributed by atoms with Gasteiger partial charge in [-0.05, 0) is 30.2 Å². The van der Waals surface area contributed by atoms with Crippen molar-refractivity contribution in [1.29, 1.82) is 0 Å².